The summed E-state index contributed by atoms with van der Waals surface area (Å²) in [5, 5.41) is 0. The summed E-state index contributed by atoms with van der Waals surface area (Å²) in [5.74, 6) is 0.102. The maximum Gasteiger partial charge on any atom is 0.293 e. The topological polar surface area (TPSA) is 26.3 Å². The SMILES string of the molecule is O=COCC1c2cc(Br)ccc2-c2ccc(Br)cc21. The third kappa shape index (κ3) is 2.23. The Morgan fingerprint density at radius 1 is 1.00 bits per heavy atom. The molecule has 0 aliphatic heterocycles. The maximum atomic E-state index is 10.5. The monoisotopic (exact) mass is 380 g/mol. The number of carbonyl (C=O) groups excluding carboxylic acids is 1. The zero-order valence-electron chi connectivity index (χ0n) is 9.90. The molecule has 0 spiro atoms. The fraction of sp³-hybridized carbons (Fsp3) is 0.133. The molecule has 0 atom stereocenters. The summed E-state index contributed by atoms with van der Waals surface area (Å²) < 4.78 is 7.07. The van der Waals surface area contributed by atoms with Crippen LogP contribution in [-0.4, -0.2) is 13.1 Å². The molecule has 1 aliphatic carbocycles. The Morgan fingerprint density at radius 3 is 2.00 bits per heavy atom. The summed E-state index contributed by atoms with van der Waals surface area (Å²) in [5.41, 5.74) is 4.82. The van der Waals surface area contributed by atoms with E-state index in [2.05, 4.69) is 56.1 Å². The smallest absolute Gasteiger partial charge is 0.293 e. The lowest BCUT2D eigenvalue weighted by atomic mass is 9.98. The normalized spacial score (nSPS) is 12.9. The molecule has 0 radical (unpaired) electrons. The number of fused-ring (bicyclic) bond motifs is 3. The van der Waals surface area contributed by atoms with E-state index in [1.54, 1.807) is 0 Å². The van der Waals surface area contributed by atoms with Crippen LogP contribution in [-0.2, 0) is 9.53 Å². The summed E-state index contributed by atoms with van der Waals surface area (Å²) in [7, 11) is 0. The van der Waals surface area contributed by atoms with Crippen molar-refractivity contribution in [1.82, 2.24) is 0 Å². The van der Waals surface area contributed by atoms with Crippen LogP contribution in [0.5, 0.6) is 0 Å². The van der Waals surface area contributed by atoms with Crippen molar-refractivity contribution in [2.45, 2.75) is 5.92 Å². The molecule has 3 rings (SSSR count). The van der Waals surface area contributed by atoms with Crippen molar-refractivity contribution in [3.05, 3.63) is 56.5 Å². The minimum Gasteiger partial charge on any atom is -0.467 e. The van der Waals surface area contributed by atoms with E-state index in [0.29, 0.717) is 13.1 Å². The molecule has 0 aromatic heterocycles. The van der Waals surface area contributed by atoms with Crippen LogP contribution in [0.4, 0.5) is 0 Å². The van der Waals surface area contributed by atoms with E-state index in [-0.39, 0.29) is 5.92 Å². The van der Waals surface area contributed by atoms with Gasteiger partial charge in [0.15, 0.2) is 0 Å². The summed E-state index contributed by atoms with van der Waals surface area (Å²) in [4.78, 5) is 10.5. The van der Waals surface area contributed by atoms with Gasteiger partial charge in [-0.25, -0.2) is 0 Å². The number of ether oxygens (including phenoxy) is 1. The lowest BCUT2D eigenvalue weighted by molar-refractivity contribution is -0.128. The molecular formula is C15H10Br2O2. The second-order valence-corrected chi connectivity index (χ2v) is 6.28. The first-order chi connectivity index (χ1) is 9.20. The van der Waals surface area contributed by atoms with Gasteiger partial charge in [-0.1, -0.05) is 44.0 Å². The minimum absolute atomic E-state index is 0.102. The van der Waals surface area contributed by atoms with E-state index in [4.69, 9.17) is 4.74 Å². The van der Waals surface area contributed by atoms with Crippen molar-refractivity contribution in [2.24, 2.45) is 0 Å². The van der Waals surface area contributed by atoms with Crippen LogP contribution >= 0.6 is 31.9 Å². The summed E-state index contributed by atoms with van der Waals surface area (Å²) in [6.07, 6.45) is 0. The van der Waals surface area contributed by atoms with Gasteiger partial charge in [0.25, 0.3) is 6.47 Å². The average Bonchev–Trinajstić information content (AvgIpc) is 2.68. The Hall–Kier alpha value is -1.13. The zero-order chi connectivity index (χ0) is 13.4. The molecule has 4 heteroatoms. The van der Waals surface area contributed by atoms with Crippen molar-refractivity contribution >= 4 is 38.3 Å². The number of rotatable bonds is 3. The highest BCUT2D eigenvalue weighted by molar-refractivity contribution is 9.10. The molecule has 96 valence electrons. The Labute approximate surface area is 128 Å². The van der Waals surface area contributed by atoms with Crippen molar-refractivity contribution in [2.75, 3.05) is 6.61 Å². The van der Waals surface area contributed by atoms with Gasteiger partial charge in [0.05, 0.1) is 0 Å². The van der Waals surface area contributed by atoms with Gasteiger partial charge in [-0.15, -0.1) is 0 Å². The Balaban J connectivity index is 2.16. The molecule has 0 saturated carbocycles. The van der Waals surface area contributed by atoms with Gasteiger partial charge in [0.1, 0.15) is 6.61 Å². The first-order valence-corrected chi connectivity index (χ1v) is 7.44. The van der Waals surface area contributed by atoms with Crippen LogP contribution in [0, 0.1) is 0 Å². The first kappa shape index (κ1) is 12.9. The van der Waals surface area contributed by atoms with E-state index in [1.807, 2.05) is 12.1 Å². The van der Waals surface area contributed by atoms with Gasteiger partial charge in [0.2, 0.25) is 0 Å². The summed E-state index contributed by atoms with van der Waals surface area (Å²) >= 11 is 7.00. The number of hydrogen-bond donors (Lipinski definition) is 0. The van der Waals surface area contributed by atoms with Crippen LogP contribution in [0.2, 0.25) is 0 Å². The predicted molar refractivity (Wildman–Crippen MR) is 81.1 cm³/mol. The first-order valence-electron chi connectivity index (χ1n) is 5.85. The molecule has 2 nitrogen and oxygen atoms in total. The van der Waals surface area contributed by atoms with Crippen molar-refractivity contribution in [1.29, 1.82) is 0 Å². The molecule has 0 N–H and O–H groups in total. The number of carbonyl (C=O) groups is 1. The molecule has 0 amide bonds. The van der Waals surface area contributed by atoms with Crippen LogP contribution in [0.15, 0.2) is 45.3 Å². The molecule has 2 aromatic rings. The third-order valence-electron chi connectivity index (χ3n) is 3.40. The highest BCUT2D eigenvalue weighted by Crippen LogP contribution is 2.46. The molecule has 1 aliphatic rings. The van der Waals surface area contributed by atoms with Crippen molar-refractivity contribution < 1.29 is 9.53 Å². The van der Waals surface area contributed by atoms with Crippen molar-refractivity contribution in [3.8, 4) is 11.1 Å². The van der Waals surface area contributed by atoms with Gasteiger partial charge in [0, 0.05) is 14.9 Å². The maximum absolute atomic E-state index is 10.5. The highest BCUT2D eigenvalue weighted by atomic mass is 79.9. The van der Waals surface area contributed by atoms with Gasteiger partial charge in [-0.2, -0.15) is 0 Å². The fourth-order valence-electron chi connectivity index (χ4n) is 2.62. The number of hydrogen-bond acceptors (Lipinski definition) is 2. The zero-order valence-corrected chi connectivity index (χ0v) is 13.1. The Morgan fingerprint density at radius 2 is 1.53 bits per heavy atom. The lowest BCUT2D eigenvalue weighted by Crippen LogP contribution is -2.06. The Bertz CT molecular complexity index is 601. The van der Waals surface area contributed by atoms with Crippen LogP contribution < -0.4 is 0 Å². The standard InChI is InChI=1S/C15H10Br2O2/c16-9-1-3-11-12-4-2-10(17)6-14(12)15(7-19-8-18)13(11)5-9/h1-6,8,15H,7H2. The lowest BCUT2D eigenvalue weighted by Gasteiger charge is -2.12. The molecule has 2 aromatic carbocycles. The van der Waals surface area contributed by atoms with Gasteiger partial charge in [-0.3, -0.25) is 4.79 Å². The Kier molecular flexibility index (Phi) is 3.46. The predicted octanol–water partition coefficient (Wildman–Crippen LogP) is 4.50. The van der Waals surface area contributed by atoms with Gasteiger partial charge < -0.3 is 4.74 Å². The second kappa shape index (κ2) is 5.10. The number of benzene rings is 2. The minimum atomic E-state index is 0.102. The molecule has 0 heterocycles. The van der Waals surface area contributed by atoms with E-state index in [1.165, 1.54) is 22.3 Å². The van der Waals surface area contributed by atoms with Crippen LogP contribution in [0.25, 0.3) is 11.1 Å². The van der Waals surface area contributed by atoms with Gasteiger partial charge >= 0.3 is 0 Å². The van der Waals surface area contributed by atoms with Crippen LogP contribution in [0.3, 0.4) is 0 Å². The molecule has 0 bridgehead atoms. The molecule has 0 unspecified atom stereocenters. The average molecular weight is 382 g/mol. The molecule has 0 saturated heterocycles. The second-order valence-electron chi connectivity index (χ2n) is 4.45. The highest BCUT2D eigenvalue weighted by Gasteiger charge is 2.29. The van der Waals surface area contributed by atoms with E-state index >= 15 is 0 Å². The van der Waals surface area contributed by atoms with E-state index in [9.17, 15) is 4.79 Å². The van der Waals surface area contributed by atoms with Gasteiger partial charge in [-0.05, 0) is 46.5 Å². The summed E-state index contributed by atoms with van der Waals surface area (Å²) in [6, 6.07) is 12.5. The summed E-state index contributed by atoms with van der Waals surface area (Å²) in [6.45, 7) is 0.879. The number of halogens is 2. The van der Waals surface area contributed by atoms with Crippen molar-refractivity contribution in [3.63, 3.8) is 0 Å². The molecular weight excluding hydrogens is 372 g/mol. The van der Waals surface area contributed by atoms with E-state index < -0.39 is 0 Å². The van der Waals surface area contributed by atoms with Crippen LogP contribution in [0.1, 0.15) is 17.0 Å². The molecule has 0 fully saturated rings. The fourth-order valence-corrected chi connectivity index (χ4v) is 3.37. The third-order valence-corrected chi connectivity index (χ3v) is 4.39. The molecule has 19 heavy (non-hydrogen) atoms. The largest absolute Gasteiger partial charge is 0.467 e. The van der Waals surface area contributed by atoms with E-state index in [0.717, 1.165) is 8.95 Å². The quantitative estimate of drug-likeness (QED) is 0.732.